The first-order valence-corrected chi connectivity index (χ1v) is 6.39. The van der Waals surface area contributed by atoms with Crippen LogP contribution in [0.5, 0.6) is 0 Å². The molecular weight excluding hydrogens is 267 g/mol. The van der Waals surface area contributed by atoms with Gasteiger partial charge in [-0.05, 0) is 37.6 Å². The number of hydrogen-bond donors (Lipinski definition) is 1. The lowest BCUT2D eigenvalue weighted by atomic mass is 10.0. The van der Waals surface area contributed by atoms with Crippen LogP contribution < -0.4 is 5.73 Å². The highest BCUT2D eigenvalue weighted by Gasteiger charge is 2.30. The summed E-state index contributed by atoms with van der Waals surface area (Å²) in [6, 6.07) is 5.30. The van der Waals surface area contributed by atoms with E-state index in [0.29, 0.717) is 30.8 Å². The van der Waals surface area contributed by atoms with Gasteiger partial charge < -0.3 is 5.73 Å². The smallest absolute Gasteiger partial charge is 0.330 e. The van der Waals surface area contributed by atoms with E-state index in [1.807, 2.05) is 6.92 Å². The van der Waals surface area contributed by atoms with Crippen molar-refractivity contribution in [2.45, 2.75) is 26.1 Å². The zero-order chi connectivity index (χ0) is 14.8. The van der Waals surface area contributed by atoms with Gasteiger partial charge in [-0.2, -0.15) is 18.3 Å². The molecule has 2 rings (SSSR count). The molecule has 0 bridgehead atoms. The molecular formula is C14H16F3N3. The van der Waals surface area contributed by atoms with E-state index in [9.17, 15) is 13.2 Å². The summed E-state index contributed by atoms with van der Waals surface area (Å²) in [4.78, 5) is 0. The second-order valence-corrected chi connectivity index (χ2v) is 4.45. The second kappa shape index (κ2) is 5.66. The minimum atomic E-state index is -4.35. The normalized spacial score (nSPS) is 11.8. The van der Waals surface area contributed by atoms with Crippen LogP contribution in [0.3, 0.4) is 0 Å². The fourth-order valence-corrected chi connectivity index (χ4v) is 2.18. The lowest BCUT2D eigenvalue weighted by Gasteiger charge is -2.11. The van der Waals surface area contributed by atoms with Crippen molar-refractivity contribution in [2.24, 2.45) is 5.73 Å². The summed E-state index contributed by atoms with van der Waals surface area (Å²) >= 11 is 0. The van der Waals surface area contributed by atoms with Gasteiger partial charge >= 0.3 is 6.18 Å². The van der Waals surface area contributed by atoms with Crippen LogP contribution in [0.15, 0.2) is 30.5 Å². The molecule has 2 N–H and O–H groups in total. The first kappa shape index (κ1) is 14.6. The first-order valence-electron chi connectivity index (χ1n) is 6.39. The van der Waals surface area contributed by atoms with Gasteiger partial charge in [0.2, 0.25) is 0 Å². The zero-order valence-electron chi connectivity index (χ0n) is 11.1. The van der Waals surface area contributed by atoms with Gasteiger partial charge in [0.05, 0.1) is 17.5 Å². The van der Waals surface area contributed by atoms with E-state index in [2.05, 4.69) is 5.10 Å². The van der Waals surface area contributed by atoms with Gasteiger partial charge in [-0.25, -0.2) is 0 Å². The molecule has 1 heterocycles. The monoisotopic (exact) mass is 283 g/mol. The lowest BCUT2D eigenvalue weighted by molar-refractivity contribution is -0.137. The van der Waals surface area contributed by atoms with E-state index < -0.39 is 11.7 Å². The van der Waals surface area contributed by atoms with Crippen molar-refractivity contribution in [1.29, 1.82) is 0 Å². The second-order valence-electron chi connectivity index (χ2n) is 4.45. The van der Waals surface area contributed by atoms with Crippen LogP contribution in [0.1, 0.15) is 18.1 Å². The Balaban J connectivity index is 2.53. The molecule has 0 unspecified atom stereocenters. The molecule has 0 radical (unpaired) electrons. The Morgan fingerprint density at radius 2 is 2.05 bits per heavy atom. The molecule has 6 heteroatoms. The summed E-state index contributed by atoms with van der Waals surface area (Å²) in [6.45, 7) is 2.92. The predicted molar refractivity (Wildman–Crippen MR) is 71.1 cm³/mol. The molecule has 0 aliphatic carbocycles. The van der Waals surface area contributed by atoms with Crippen LogP contribution in [0.2, 0.25) is 0 Å². The van der Waals surface area contributed by atoms with Crippen molar-refractivity contribution in [2.75, 3.05) is 6.54 Å². The Kier molecular flexibility index (Phi) is 4.13. The third-order valence-electron chi connectivity index (χ3n) is 3.09. The summed E-state index contributed by atoms with van der Waals surface area (Å²) in [7, 11) is 0. The highest BCUT2D eigenvalue weighted by atomic mass is 19.4. The van der Waals surface area contributed by atoms with Gasteiger partial charge in [0.15, 0.2) is 0 Å². The molecule has 0 spiro atoms. The first-order chi connectivity index (χ1) is 9.47. The van der Waals surface area contributed by atoms with E-state index in [-0.39, 0.29) is 0 Å². The van der Waals surface area contributed by atoms with Gasteiger partial charge in [0, 0.05) is 12.1 Å². The average Bonchev–Trinajstić information content (AvgIpc) is 2.81. The van der Waals surface area contributed by atoms with Crippen LogP contribution in [0.25, 0.3) is 11.3 Å². The lowest BCUT2D eigenvalue weighted by Crippen LogP contribution is -2.07. The zero-order valence-corrected chi connectivity index (χ0v) is 11.1. The molecule has 20 heavy (non-hydrogen) atoms. The van der Waals surface area contributed by atoms with Gasteiger partial charge in [0.25, 0.3) is 0 Å². The van der Waals surface area contributed by atoms with E-state index >= 15 is 0 Å². The Morgan fingerprint density at radius 1 is 1.30 bits per heavy atom. The molecule has 0 aliphatic rings. The van der Waals surface area contributed by atoms with Gasteiger partial charge in [-0.1, -0.05) is 12.1 Å². The maximum Gasteiger partial charge on any atom is 0.416 e. The topological polar surface area (TPSA) is 43.8 Å². The molecule has 1 aromatic carbocycles. The van der Waals surface area contributed by atoms with Crippen molar-refractivity contribution in [3.05, 3.63) is 41.6 Å². The Bertz CT molecular complexity index is 588. The van der Waals surface area contributed by atoms with Gasteiger partial charge in [0.1, 0.15) is 0 Å². The van der Waals surface area contributed by atoms with Crippen molar-refractivity contribution >= 4 is 0 Å². The van der Waals surface area contributed by atoms with E-state index in [1.54, 1.807) is 16.9 Å². The van der Waals surface area contributed by atoms with E-state index in [1.165, 1.54) is 6.07 Å². The van der Waals surface area contributed by atoms with Crippen LogP contribution >= 0.6 is 0 Å². The molecule has 0 saturated carbocycles. The number of aromatic nitrogens is 2. The molecule has 3 nitrogen and oxygen atoms in total. The molecule has 0 aliphatic heterocycles. The number of halogens is 3. The number of nitrogens with zero attached hydrogens (tertiary/aromatic N) is 2. The highest BCUT2D eigenvalue weighted by molar-refractivity contribution is 5.64. The number of rotatable bonds is 4. The summed E-state index contributed by atoms with van der Waals surface area (Å²) in [5.74, 6) is 0. The number of benzene rings is 1. The summed E-state index contributed by atoms with van der Waals surface area (Å²) in [5, 5.41) is 4.20. The minimum absolute atomic E-state index is 0.432. The number of aryl methyl sites for hydroxylation is 1. The molecule has 0 fully saturated rings. The summed E-state index contributed by atoms with van der Waals surface area (Å²) in [5.41, 5.74) is 6.98. The molecule has 0 saturated heterocycles. The van der Waals surface area contributed by atoms with Crippen LogP contribution in [0.4, 0.5) is 13.2 Å². The maximum atomic E-state index is 12.8. The van der Waals surface area contributed by atoms with E-state index in [4.69, 9.17) is 5.73 Å². The van der Waals surface area contributed by atoms with Crippen molar-refractivity contribution in [3.8, 4) is 11.3 Å². The van der Waals surface area contributed by atoms with Crippen molar-refractivity contribution in [1.82, 2.24) is 9.78 Å². The van der Waals surface area contributed by atoms with E-state index in [0.717, 1.165) is 17.7 Å². The fraction of sp³-hybridized carbons (Fsp3) is 0.357. The van der Waals surface area contributed by atoms with Gasteiger partial charge in [-0.15, -0.1) is 0 Å². The highest BCUT2D eigenvalue weighted by Crippen LogP contribution is 2.33. The van der Waals surface area contributed by atoms with Gasteiger partial charge in [-0.3, -0.25) is 4.68 Å². The molecule has 2 aromatic rings. The molecule has 1 aromatic heterocycles. The number of hydrogen-bond acceptors (Lipinski definition) is 2. The Morgan fingerprint density at radius 3 is 2.65 bits per heavy atom. The van der Waals surface area contributed by atoms with Crippen LogP contribution in [-0.2, 0) is 19.1 Å². The Hall–Kier alpha value is -1.82. The fourth-order valence-electron chi connectivity index (χ4n) is 2.18. The number of alkyl halides is 3. The molecule has 0 amide bonds. The summed E-state index contributed by atoms with van der Waals surface area (Å²) < 4.78 is 40.1. The standard InChI is InChI=1S/C14H16F3N3/c1-2-20-13(11(6-7-18)9-19-20)10-4-3-5-12(8-10)14(15,16)17/h3-5,8-9H,2,6-7,18H2,1H3. The van der Waals surface area contributed by atoms with Crippen molar-refractivity contribution in [3.63, 3.8) is 0 Å². The predicted octanol–water partition coefficient (Wildman–Crippen LogP) is 3.09. The molecule has 0 atom stereocenters. The van der Waals surface area contributed by atoms with Crippen LogP contribution in [-0.4, -0.2) is 16.3 Å². The average molecular weight is 283 g/mol. The summed E-state index contributed by atoms with van der Waals surface area (Å²) in [6.07, 6.45) is -2.08. The van der Waals surface area contributed by atoms with Crippen LogP contribution in [0, 0.1) is 0 Å². The largest absolute Gasteiger partial charge is 0.416 e. The number of nitrogens with two attached hydrogens (primary N) is 1. The molecule has 108 valence electrons. The third kappa shape index (κ3) is 2.85. The maximum absolute atomic E-state index is 12.8. The SMILES string of the molecule is CCn1ncc(CCN)c1-c1cccc(C(F)(F)F)c1. The third-order valence-corrected chi connectivity index (χ3v) is 3.09. The quantitative estimate of drug-likeness (QED) is 0.937. The minimum Gasteiger partial charge on any atom is -0.330 e. The Labute approximate surface area is 115 Å². The van der Waals surface area contributed by atoms with Crippen molar-refractivity contribution < 1.29 is 13.2 Å².